The van der Waals surface area contributed by atoms with Gasteiger partial charge in [0.05, 0.1) is 6.61 Å². The Bertz CT molecular complexity index is 201. The second-order valence-electron chi connectivity index (χ2n) is 5.42. The zero-order chi connectivity index (χ0) is 13.8. The van der Waals surface area contributed by atoms with Gasteiger partial charge in [-0.05, 0) is 51.6 Å². The summed E-state index contributed by atoms with van der Waals surface area (Å²) < 4.78 is 10.6. The molecule has 0 aromatic rings. The van der Waals surface area contributed by atoms with Crippen molar-refractivity contribution < 1.29 is 9.47 Å². The molecule has 114 valence electrons. The van der Waals surface area contributed by atoms with Gasteiger partial charge in [0.1, 0.15) is 0 Å². The first-order valence-electron chi connectivity index (χ1n) is 7.86. The fourth-order valence-corrected chi connectivity index (χ4v) is 2.69. The Balaban J connectivity index is 1.91. The SMILES string of the molecule is CCOCCCCNCCN1CCCC(COC)C1. The lowest BCUT2D eigenvalue weighted by Gasteiger charge is -2.32. The van der Waals surface area contributed by atoms with E-state index in [1.165, 1.54) is 45.3 Å². The molecule has 0 saturated carbocycles. The molecule has 1 saturated heterocycles. The number of likely N-dealkylation sites (tertiary alicyclic amines) is 1. The van der Waals surface area contributed by atoms with Crippen LogP contribution in [0, 0.1) is 5.92 Å². The van der Waals surface area contributed by atoms with E-state index in [4.69, 9.17) is 9.47 Å². The third-order valence-corrected chi connectivity index (χ3v) is 3.71. The first kappa shape index (κ1) is 16.9. The summed E-state index contributed by atoms with van der Waals surface area (Å²) in [6.45, 7) is 10.6. The minimum Gasteiger partial charge on any atom is -0.384 e. The fourth-order valence-electron chi connectivity index (χ4n) is 2.69. The topological polar surface area (TPSA) is 33.7 Å². The van der Waals surface area contributed by atoms with E-state index in [2.05, 4.69) is 10.2 Å². The van der Waals surface area contributed by atoms with Gasteiger partial charge in [0.15, 0.2) is 0 Å². The number of nitrogens with one attached hydrogen (secondary N) is 1. The monoisotopic (exact) mass is 272 g/mol. The molecule has 1 aliphatic rings. The van der Waals surface area contributed by atoms with Gasteiger partial charge in [-0.15, -0.1) is 0 Å². The van der Waals surface area contributed by atoms with Gasteiger partial charge in [0, 0.05) is 40.0 Å². The molecular formula is C15H32N2O2. The first-order valence-corrected chi connectivity index (χ1v) is 7.86. The molecule has 0 amide bonds. The van der Waals surface area contributed by atoms with E-state index >= 15 is 0 Å². The van der Waals surface area contributed by atoms with Crippen LogP contribution >= 0.6 is 0 Å². The van der Waals surface area contributed by atoms with Crippen LogP contribution in [0.25, 0.3) is 0 Å². The Morgan fingerprint density at radius 2 is 2.16 bits per heavy atom. The standard InChI is InChI=1S/C15H32N2O2/c1-3-19-12-5-4-8-16-9-11-17-10-6-7-15(13-17)14-18-2/h15-16H,3-14H2,1-2H3. The summed E-state index contributed by atoms with van der Waals surface area (Å²) in [5.41, 5.74) is 0. The van der Waals surface area contributed by atoms with Crippen LogP contribution in [0.3, 0.4) is 0 Å². The third kappa shape index (κ3) is 8.58. The van der Waals surface area contributed by atoms with Gasteiger partial charge in [-0.1, -0.05) is 0 Å². The summed E-state index contributed by atoms with van der Waals surface area (Å²) in [5.74, 6) is 0.741. The maximum Gasteiger partial charge on any atom is 0.0502 e. The minimum atomic E-state index is 0.741. The predicted molar refractivity (Wildman–Crippen MR) is 79.6 cm³/mol. The summed E-state index contributed by atoms with van der Waals surface area (Å²) >= 11 is 0. The van der Waals surface area contributed by atoms with E-state index in [1.807, 2.05) is 14.0 Å². The average Bonchev–Trinajstić information content (AvgIpc) is 2.43. The molecule has 0 bridgehead atoms. The van der Waals surface area contributed by atoms with E-state index < -0.39 is 0 Å². The molecule has 4 nitrogen and oxygen atoms in total. The molecule has 1 heterocycles. The van der Waals surface area contributed by atoms with Crippen LogP contribution in [-0.4, -0.2) is 64.6 Å². The number of ether oxygens (including phenoxy) is 2. The van der Waals surface area contributed by atoms with Crippen molar-refractivity contribution in [2.24, 2.45) is 5.92 Å². The highest BCUT2D eigenvalue weighted by molar-refractivity contribution is 4.73. The maximum atomic E-state index is 5.32. The third-order valence-electron chi connectivity index (χ3n) is 3.71. The Kier molecular flexibility index (Phi) is 10.4. The Morgan fingerprint density at radius 3 is 2.95 bits per heavy atom. The number of piperidine rings is 1. The zero-order valence-corrected chi connectivity index (χ0v) is 12.8. The largest absolute Gasteiger partial charge is 0.384 e. The van der Waals surface area contributed by atoms with Gasteiger partial charge in [-0.25, -0.2) is 0 Å². The molecule has 1 fully saturated rings. The number of rotatable bonds is 11. The van der Waals surface area contributed by atoms with Gasteiger partial charge < -0.3 is 19.7 Å². The quantitative estimate of drug-likeness (QED) is 0.581. The number of hydrogen-bond donors (Lipinski definition) is 1. The maximum absolute atomic E-state index is 5.32. The predicted octanol–water partition coefficient (Wildman–Crippen LogP) is 1.75. The molecule has 1 rings (SSSR count). The van der Waals surface area contributed by atoms with Crippen molar-refractivity contribution in [1.82, 2.24) is 10.2 Å². The lowest BCUT2D eigenvalue weighted by atomic mass is 9.99. The summed E-state index contributed by atoms with van der Waals surface area (Å²) in [7, 11) is 1.81. The molecule has 0 aromatic carbocycles. The molecule has 1 unspecified atom stereocenters. The zero-order valence-electron chi connectivity index (χ0n) is 12.8. The smallest absolute Gasteiger partial charge is 0.0502 e. The van der Waals surface area contributed by atoms with Crippen LogP contribution in [0.2, 0.25) is 0 Å². The highest BCUT2D eigenvalue weighted by Crippen LogP contribution is 2.15. The molecule has 0 spiro atoms. The van der Waals surface area contributed by atoms with Crippen LogP contribution in [0.4, 0.5) is 0 Å². The van der Waals surface area contributed by atoms with Crippen molar-refractivity contribution in [1.29, 1.82) is 0 Å². The van der Waals surface area contributed by atoms with Crippen molar-refractivity contribution in [2.75, 3.05) is 59.7 Å². The summed E-state index contributed by atoms with van der Waals surface area (Å²) in [6, 6.07) is 0. The normalized spacial score (nSPS) is 20.8. The minimum absolute atomic E-state index is 0.741. The second kappa shape index (κ2) is 11.6. The van der Waals surface area contributed by atoms with Crippen LogP contribution in [0.5, 0.6) is 0 Å². The van der Waals surface area contributed by atoms with E-state index in [-0.39, 0.29) is 0 Å². The van der Waals surface area contributed by atoms with Crippen LogP contribution in [-0.2, 0) is 9.47 Å². The number of hydrogen-bond acceptors (Lipinski definition) is 4. The molecule has 4 heteroatoms. The number of methoxy groups -OCH3 is 1. The van der Waals surface area contributed by atoms with Crippen LogP contribution in [0.1, 0.15) is 32.6 Å². The molecule has 0 aromatic heterocycles. The van der Waals surface area contributed by atoms with Crippen molar-refractivity contribution >= 4 is 0 Å². The van der Waals surface area contributed by atoms with Gasteiger partial charge in [-0.3, -0.25) is 0 Å². The molecule has 19 heavy (non-hydrogen) atoms. The van der Waals surface area contributed by atoms with E-state index in [9.17, 15) is 0 Å². The Labute approximate surface area is 118 Å². The van der Waals surface area contributed by atoms with Crippen molar-refractivity contribution in [3.63, 3.8) is 0 Å². The lowest BCUT2D eigenvalue weighted by Crippen LogP contribution is -2.40. The van der Waals surface area contributed by atoms with E-state index in [0.717, 1.165) is 38.8 Å². The molecule has 1 aliphatic heterocycles. The molecule has 1 atom stereocenters. The van der Waals surface area contributed by atoms with Gasteiger partial charge >= 0.3 is 0 Å². The van der Waals surface area contributed by atoms with Crippen molar-refractivity contribution in [3.05, 3.63) is 0 Å². The Morgan fingerprint density at radius 1 is 1.26 bits per heavy atom. The average molecular weight is 272 g/mol. The second-order valence-corrected chi connectivity index (χ2v) is 5.42. The van der Waals surface area contributed by atoms with Gasteiger partial charge in [-0.2, -0.15) is 0 Å². The van der Waals surface area contributed by atoms with Crippen molar-refractivity contribution in [2.45, 2.75) is 32.6 Å². The van der Waals surface area contributed by atoms with Gasteiger partial charge in [0.25, 0.3) is 0 Å². The van der Waals surface area contributed by atoms with Crippen molar-refractivity contribution in [3.8, 4) is 0 Å². The fraction of sp³-hybridized carbons (Fsp3) is 1.00. The molecule has 0 aliphatic carbocycles. The first-order chi connectivity index (χ1) is 9.36. The number of unbranched alkanes of at least 4 members (excludes halogenated alkanes) is 1. The Hall–Kier alpha value is -0.160. The van der Waals surface area contributed by atoms with Crippen LogP contribution < -0.4 is 5.32 Å². The summed E-state index contributed by atoms with van der Waals surface area (Å²) in [5, 5.41) is 3.53. The summed E-state index contributed by atoms with van der Waals surface area (Å²) in [6.07, 6.45) is 5.03. The van der Waals surface area contributed by atoms with E-state index in [1.54, 1.807) is 0 Å². The lowest BCUT2D eigenvalue weighted by molar-refractivity contribution is 0.0910. The number of nitrogens with zero attached hydrogens (tertiary/aromatic N) is 1. The molecular weight excluding hydrogens is 240 g/mol. The highest BCUT2D eigenvalue weighted by atomic mass is 16.5. The molecule has 0 radical (unpaired) electrons. The van der Waals surface area contributed by atoms with Gasteiger partial charge in [0.2, 0.25) is 0 Å². The molecule has 1 N–H and O–H groups in total. The van der Waals surface area contributed by atoms with Crippen LogP contribution in [0.15, 0.2) is 0 Å². The summed E-state index contributed by atoms with van der Waals surface area (Å²) in [4.78, 5) is 2.57. The highest BCUT2D eigenvalue weighted by Gasteiger charge is 2.18. The van der Waals surface area contributed by atoms with E-state index in [0.29, 0.717) is 0 Å².